The normalized spacial score (nSPS) is 27.6. The van der Waals surface area contributed by atoms with E-state index in [0.717, 1.165) is 0 Å². The van der Waals surface area contributed by atoms with E-state index in [1.54, 1.807) is 6.92 Å². The van der Waals surface area contributed by atoms with Crippen LogP contribution in [-0.4, -0.2) is 39.1 Å². The number of ether oxygens (including phenoxy) is 1. The number of aromatic amines is 1. The van der Waals surface area contributed by atoms with Gasteiger partial charge in [-0.25, -0.2) is 4.79 Å². The molecule has 0 aliphatic carbocycles. The first-order valence-electron chi connectivity index (χ1n) is 5.76. The maximum Gasteiger partial charge on any atom is 0.330 e. The van der Waals surface area contributed by atoms with E-state index in [1.807, 2.05) is 0 Å². The molecule has 0 amide bonds. The molecule has 0 spiro atoms. The van der Waals surface area contributed by atoms with Crippen molar-refractivity contribution in [3.05, 3.63) is 32.6 Å². The number of hydrogen-bond acceptors (Lipinski definition) is 5. The third-order valence-corrected chi connectivity index (χ3v) is 3.16. The van der Waals surface area contributed by atoms with Gasteiger partial charge < -0.3 is 14.9 Å². The van der Waals surface area contributed by atoms with Crippen molar-refractivity contribution >= 4 is 0 Å². The Labute approximate surface area is 103 Å². The predicted molar refractivity (Wildman–Crippen MR) is 62.2 cm³/mol. The van der Waals surface area contributed by atoms with Gasteiger partial charge in [0.25, 0.3) is 5.56 Å². The van der Waals surface area contributed by atoms with Gasteiger partial charge in [-0.15, -0.1) is 0 Å². The van der Waals surface area contributed by atoms with Crippen LogP contribution in [-0.2, 0) is 4.74 Å². The molecule has 0 saturated carbocycles. The summed E-state index contributed by atoms with van der Waals surface area (Å²) in [4.78, 5) is 25.2. The van der Waals surface area contributed by atoms with Gasteiger partial charge in [0.05, 0.1) is 19.3 Å². The molecule has 0 bridgehead atoms. The van der Waals surface area contributed by atoms with Gasteiger partial charge in [0.15, 0.2) is 0 Å². The smallest absolute Gasteiger partial charge is 0.330 e. The zero-order chi connectivity index (χ0) is 13.3. The van der Waals surface area contributed by atoms with Crippen LogP contribution in [0.3, 0.4) is 0 Å². The zero-order valence-corrected chi connectivity index (χ0v) is 10.00. The number of nitrogens with zero attached hydrogens (tertiary/aromatic N) is 1. The Kier molecular flexibility index (Phi) is 3.65. The van der Waals surface area contributed by atoms with Crippen LogP contribution in [0.2, 0.25) is 0 Å². The first-order chi connectivity index (χ1) is 8.56. The van der Waals surface area contributed by atoms with E-state index in [-0.39, 0.29) is 19.1 Å². The lowest BCUT2D eigenvalue weighted by Gasteiger charge is -2.19. The van der Waals surface area contributed by atoms with Gasteiger partial charge in [-0.2, -0.15) is 0 Å². The van der Waals surface area contributed by atoms with Crippen molar-refractivity contribution in [2.24, 2.45) is 5.92 Å². The number of aryl methyl sites for hydroxylation is 1. The molecule has 18 heavy (non-hydrogen) atoms. The van der Waals surface area contributed by atoms with Gasteiger partial charge in [0, 0.05) is 17.7 Å². The van der Waals surface area contributed by atoms with E-state index in [1.165, 1.54) is 10.8 Å². The van der Waals surface area contributed by atoms with Gasteiger partial charge in [0.1, 0.15) is 6.23 Å². The van der Waals surface area contributed by atoms with Crippen LogP contribution in [0.5, 0.6) is 0 Å². The third-order valence-electron chi connectivity index (χ3n) is 3.16. The minimum atomic E-state index is -0.657. The average molecular weight is 256 g/mol. The first kappa shape index (κ1) is 13.0. The van der Waals surface area contributed by atoms with Crippen LogP contribution in [0.15, 0.2) is 15.8 Å². The summed E-state index contributed by atoms with van der Waals surface area (Å²) in [5.74, 6) is -0.273. The van der Waals surface area contributed by atoms with E-state index < -0.39 is 23.6 Å². The van der Waals surface area contributed by atoms with Crippen LogP contribution in [0.1, 0.15) is 18.2 Å². The molecule has 2 rings (SSSR count). The van der Waals surface area contributed by atoms with Crippen LogP contribution in [0.4, 0.5) is 0 Å². The Morgan fingerprint density at radius 2 is 2.17 bits per heavy atom. The molecule has 1 aliphatic rings. The second-order valence-electron chi connectivity index (χ2n) is 4.49. The summed E-state index contributed by atoms with van der Waals surface area (Å²) in [6.07, 6.45) is 0.831. The van der Waals surface area contributed by atoms with Crippen molar-refractivity contribution in [1.82, 2.24) is 9.55 Å². The quantitative estimate of drug-likeness (QED) is 0.625. The van der Waals surface area contributed by atoms with Gasteiger partial charge in [-0.3, -0.25) is 14.3 Å². The first-order valence-corrected chi connectivity index (χ1v) is 5.76. The van der Waals surface area contributed by atoms with Crippen LogP contribution in [0, 0.1) is 12.8 Å². The van der Waals surface area contributed by atoms with E-state index in [4.69, 9.17) is 9.84 Å². The highest BCUT2D eigenvalue weighted by atomic mass is 16.5. The number of nitrogens with one attached hydrogen (secondary N) is 1. The van der Waals surface area contributed by atoms with Crippen LogP contribution in [0.25, 0.3) is 0 Å². The summed E-state index contributed by atoms with van der Waals surface area (Å²) in [6.45, 7) is 1.27. The fourth-order valence-electron chi connectivity index (χ4n) is 2.17. The van der Waals surface area contributed by atoms with Gasteiger partial charge in [-0.05, 0) is 13.3 Å². The van der Waals surface area contributed by atoms with Gasteiger partial charge in [0.2, 0.25) is 0 Å². The Morgan fingerprint density at radius 1 is 1.44 bits per heavy atom. The lowest BCUT2D eigenvalue weighted by molar-refractivity contribution is -0.0408. The van der Waals surface area contributed by atoms with Crippen molar-refractivity contribution < 1.29 is 14.9 Å². The molecule has 2 heterocycles. The van der Waals surface area contributed by atoms with Crippen molar-refractivity contribution in [3.63, 3.8) is 0 Å². The standard InChI is InChI=1S/C11H16N2O5/c1-6-3-13(11(17)12-9(6)16)10-7(4-14)2-8(5-15)18-10/h3,7-8,10,14-15H,2,4-5H2,1H3,(H,12,16,17). The number of aliphatic hydroxyl groups is 2. The van der Waals surface area contributed by atoms with Gasteiger partial charge >= 0.3 is 5.69 Å². The maximum atomic E-state index is 11.7. The van der Waals surface area contributed by atoms with E-state index in [9.17, 15) is 14.7 Å². The fraction of sp³-hybridized carbons (Fsp3) is 0.636. The molecule has 3 N–H and O–H groups in total. The van der Waals surface area contributed by atoms with Gasteiger partial charge in [-0.1, -0.05) is 0 Å². The number of hydrogen-bond donors (Lipinski definition) is 3. The summed E-state index contributed by atoms with van der Waals surface area (Å²) in [5, 5.41) is 18.3. The molecule has 1 saturated heterocycles. The van der Waals surface area contributed by atoms with E-state index in [2.05, 4.69) is 4.98 Å². The van der Waals surface area contributed by atoms with Crippen molar-refractivity contribution in [3.8, 4) is 0 Å². The summed E-state index contributed by atoms with van der Waals surface area (Å²) < 4.78 is 6.76. The highest BCUT2D eigenvalue weighted by Crippen LogP contribution is 2.32. The molecular formula is C11H16N2O5. The number of aromatic nitrogens is 2. The highest BCUT2D eigenvalue weighted by molar-refractivity contribution is 5.02. The van der Waals surface area contributed by atoms with Crippen molar-refractivity contribution in [1.29, 1.82) is 0 Å². The molecule has 7 nitrogen and oxygen atoms in total. The second-order valence-corrected chi connectivity index (χ2v) is 4.49. The summed E-state index contributed by atoms with van der Waals surface area (Å²) in [7, 11) is 0. The fourth-order valence-corrected chi connectivity index (χ4v) is 2.17. The van der Waals surface area contributed by atoms with Crippen molar-refractivity contribution in [2.75, 3.05) is 13.2 Å². The minimum absolute atomic E-state index is 0.147. The molecule has 0 radical (unpaired) electrons. The maximum absolute atomic E-state index is 11.7. The van der Waals surface area contributed by atoms with E-state index in [0.29, 0.717) is 12.0 Å². The molecule has 1 aromatic rings. The van der Waals surface area contributed by atoms with E-state index >= 15 is 0 Å². The average Bonchev–Trinajstić information content (AvgIpc) is 2.77. The largest absolute Gasteiger partial charge is 0.396 e. The topological polar surface area (TPSA) is 105 Å². The Balaban J connectivity index is 2.39. The molecule has 1 aromatic heterocycles. The molecule has 100 valence electrons. The predicted octanol–water partition coefficient (Wildman–Crippen LogP) is -1.27. The molecule has 7 heteroatoms. The number of aliphatic hydroxyl groups excluding tert-OH is 2. The number of rotatable bonds is 3. The molecule has 3 unspecified atom stereocenters. The SMILES string of the molecule is Cc1cn(C2OC(CO)CC2CO)c(=O)[nH]c1=O. The Hall–Kier alpha value is -1.44. The zero-order valence-electron chi connectivity index (χ0n) is 10.00. The molecular weight excluding hydrogens is 240 g/mol. The summed E-state index contributed by atoms with van der Waals surface area (Å²) in [5.41, 5.74) is -0.622. The van der Waals surface area contributed by atoms with Crippen molar-refractivity contribution in [2.45, 2.75) is 25.7 Å². The second kappa shape index (κ2) is 5.05. The minimum Gasteiger partial charge on any atom is -0.396 e. The monoisotopic (exact) mass is 256 g/mol. The molecule has 3 atom stereocenters. The third kappa shape index (κ3) is 2.24. The lowest BCUT2D eigenvalue weighted by Crippen LogP contribution is -2.35. The Bertz CT molecular complexity index is 535. The molecule has 1 fully saturated rings. The Morgan fingerprint density at radius 3 is 2.78 bits per heavy atom. The lowest BCUT2D eigenvalue weighted by atomic mass is 10.0. The van der Waals surface area contributed by atoms with Crippen LogP contribution < -0.4 is 11.2 Å². The molecule has 0 aromatic carbocycles. The highest BCUT2D eigenvalue weighted by Gasteiger charge is 2.36. The molecule has 1 aliphatic heterocycles. The number of H-pyrrole nitrogens is 1. The van der Waals surface area contributed by atoms with Crippen LogP contribution >= 0.6 is 0 Å². The summed E-state index contributed by atoms with van der Waals surface area (Å²) in [6, 6.07) is 0. The summed E-state index contributed by atoms with van der Waals surface area (Å²) >= 11 is 0.